The average Bonchev–Trinajstić information content (AvgIpc) is 3.03. The summed E-state index contributed by atoms with van der Waals surface area (Å²) >= 11 is 1.68. The number of aliphatic hydroxyl groups is 1. The van der Waals surface area contributed by atoms with Gasteiger partial charge in [0.05, 0.1) is 12.1 Å². The van der Waals surface area contributed by atoms with Crippen molar-refractivity contribution in [2.24, 2.45) is 0 Å². The molecule has 1 heterocycles. The van der Waals surface area contributed by atoms with Gasteiger partial charge in [0, 0.05) is 38.1 Å². The number of carboxylic acid groups (broad SMARTS) is 1. The van der Waals surface area contributed by atoms with Crippen molar-refractivity contribution < 1.29 is 19.8 Å². The van der Waals surface area contributed by atoms with Gasteiger partial charge in [0.2, 0.25) is 5.91 Å². The number of likely N-dealkylation sites (tertiary alicyclic amines) is 1. The largest absolute Gasteiger partial charge is 0.481 e. The van der Waals surface area contributed by atoms with Crippen LogP contribution in [0.25, 0.3) is 0 Å². The highest BCUT2D eigenvalue weighted by atomic mass is 32.2. The molecule has 1 saturated heterocycles. The number of carbonyl (C=O) groups excluding carboxylic acids is 1. The van der Waals surface area contributed by atoms with Gasteiger partial charge in [-0.25, -0.2) is 0 Å². The van der Waals surface area contributed by atoms with Gasteiger partial charge in [0.25, 0.3) is 0 Å². The van der Waals surface area contributed by atoms with Gasteiger partial charge in [-0.15, -0.1) is 0 Å². The Balaban J connectivity index is 1.79. The van der Waals surface area contributed by atoms with Crippen molar-refractivity contribution in [1.29, 1.82) is 0 Å². The molecule has 0 saturated carbocycles. The molecule has 29 heavy (non-hydrogen) atoms. The van der Waals surface area contributed by atoms with Crippen LogP contribution in [0.15, 0.2) is 36.4 Å². The van der Waals surface area contributed by atoms with Gasteiger partial charge in [-0.3, -0.25) is 9.59 Å². The molecule has 0 bridgehead atoms. The van der Waals surface area contributed by atoms with Crippen LogP contribution in [0.3, 0.4) is 0 Å². The van der Waals surface area contributed by atoms with E-state index in [1.54, 1.807) is 17.8 Å². The Morgan fingerprint density at radius 2 is 2.17 bits per heavy atom. The molecule has 6 nitrogen and oxygen atoms in total. The zero-order valence-electron chi connectivity index (χ0n) is 17.0. The van der Waals surface area contributed by atoms with Crippen molar-refractivity contribution in [2.45, 2.75) is 50.8 Å². The number of aliphatic carboxylic acids is 1. The summed E-state index contributed by atoms with van der Waals surface area (Å²) in [5.74, 6) is 0.981. The predicted molar refractivity (Wildman–Crippen MR) is 117 cm³/mol. The first-order valence-corrected chi connectivity index (χ1v) is 11.3. The van der Waals surface area contributed by atoms with Crippen molar-refractivity contribution in [2.75, 3.05) is 25.1 Å². The molecule has 0 spiro atoms. The number of amides is 1. The fraction of sp³-hybridized carbons (Fsp3) is 0.545. The quantitative estimate of drug-likeness (QED) is 0.336. The molecule has 7 heteroatoms. The SMILES string of the molecule is CNCc1cccc(C[C@H](O)/C=C/C2CCC(=O)N2CCSCCCC(=O)O)c1. The van der Waals surface area contributed by atoms with E-state index in [2.05, 4.69) is 17.4 Å². The summed E-state index contributed by atoms with van der Waals surface area (Å²) < 4.78 is 0. The van der Waals surface area contributed by atoms with Crippen LogP contribution in [0.1, 0.15) is 36.8 Å². The fourth-order valence-corrected chi connectivity index (χ4v) is 4.35. The lowest BCUT2D eigenvalue weighted by Crippen LogP contribution is -2.34. The van der Waals surface area contributed by atoms with Crippen LogP contribution in [0, 0.1) is 0 Å². The summed E-state index contributed by atoms with van der Waals surface area (Å²) in [4.78, 5) is 24.6. The second-order valence-electron chi connectivity index (χ2n) is 7.31. The van der Waals surface area contributed by atoms with E-state index in [9.17, 15) is 14.7 Å². The molecule has 1 aromatic carbocycles. The Kier molecular flexibility index (Phi) is 10.2. The normalized spacial score (nSPS) is 17.9. The Hall–Kier alpha value is -1.83. The number of nitrogens with zero attached hydrogens (tertiary/aromatic N) is 1. The van der Waals surface area contributed by atoms with Crippen molar-refractivity contribution in [1.82, 2.24) is 10.2 Å². The van der Waals surface area contributed by atoms with E-state index in [0.29, 0.717) is 25.8 Å². The van der Waals surface area contributed by atoms with Gasteiger partial charge in [-0.05, 0) is 36.8 Å². The van der Waals surface area contributed by atoms with Crippen LogP contribution in [0.2, 0.25) is 0 Å². The summed E-state index contributed by atoms with van der Waals surface area (Å²) in [5.41, 5.74) is 2.28. The third kappa shape index (κ3) is 8.60. The smallest absolute Gasteiger partial charge is 0.303 e. The molecular formula is C22H32N2O4S. The maximum atomic E-state index is 12.2. The Morgan fingerprint density at radius 1 is 1.38 bits per heavy atom. The lowest BCUT2D eigenvalue weighted by molar-refractivity contribution is -0.137. The number of thioether (sulfide) groups is 1. The highest BCUT2D eigenvalue weighted by Crippen LogP contribution is 2.21. The lowest BCUT2D eigenvalue weighted by atomic mass is 10.0. The highest BCUT2D eigenvalue weighted by Gasteiger charge is 2.28. The van der Waals surface area contributed by atoms with Crippen molar-refractivity contribution >= 4 is 23.6 Å². The van der Waals surface area contributed by atoms with E-state index >= 15 is 0 Å². The zero-order chi connectivity index (χ0) is 21.1. The molecule has 1 aliphatic rings. The Labute approximate surface area is 177 Å². The molecule has 1 amide bonds. The molecule has 1 aromatic rings. The average molecular weight is 421 g/mol. The van der Waals surface area contributed by atoms with Gasteiger partial charge in [0.15, 0.2) is 0 Å². The first kappa shape index (κ1) is 23.4. The van der Waals surface area contributed by atoms with Crippen LogP contribution >= 0.6 is 11.8 Å². The fourth-order valence-electron chi connectivity index (χ4n) is 3.47. The molecule has 1 unspecified atom stereocenters. The van der Waals surface area contributed by atoms with Crippen LogP contribution in [0.4, 0.5) is 0 Å². The molecule has 0 aromatic heterocycles. The van der Waals surface area contributed by atoms with E-state index in [0.717, 1.165) is 30.0 Å². The van der Waals surface area contributed by atoms with Crippen molar-refractivity contribution in [3.05, 3.63) is 47.5 Å². The van der Waals surface area contributed by atoms with E-state index in [4.69, 9.17) is 5.11 Å². The number of carboxylic acids is 1. The standard InChI is InChI=1S/C22H32N2O4S/c1-23-16-18-5-2-4-17(14-18)15-20(25)9-7-19-8-10-21(26)24(19)11-13-29-12-3-6-22(27)28/h2,4-5,7,9,14,19-20,23,25H,3,6,8,10-13,15-16H2,1H3,(H,27,28)/b9-7+/t19?,20-/m1/s1. The van der Waals surface area contributed by atoms with Crippen LogP contribution < -0.4 is 5.32 Å². The monoisotopic (exact) mass is 420 g/mol. The number of hydrogen-bond donors (Lipinski definition) is 3. The van der Waals surface area contributed by atoms with Gasteiger partial charge in [-0.2, -0.15) is 11.8 Å². The predicted octanol–water partition coefficient (Wildman–Crippen LogP) is 2.45. The van der Waals surface area contributed by atoms with E-state index in [1.807, 2.05) is 30.2 Å². The second-order valence-corrected chi connectivity index (χ2v) is 8.53. The van der Waals surface area contributed by atoms with Crippen molar-refractivity contribution in [3.8, 4) is 0 Å². The number of benzene rings is 1. The van der Waals surface area contributed by atoms with Gasteiger partial charge >= 0.3 is 5.97 Å². The Morgan fingerprint density at radius 3 is 2.93 bits per heavy atom. The van der Waals surface area contributed by atoms with Gasteiger partial charge in [0.1, 0.15) is 0 Å². The molecule has 3 N–H and O–H groups in total. The van der Waals surface area contributed by atoms with Gasteiger partial charge < -0.3 is 20.4 Å². The lowest BCUT2D eigenvalue weighted by Gasteiger charge is -2.22. The second kappa shape index (κ2) is 12.7. The summed E-state index contributed by atoms with van der Waals surface area (Å²) in [5, 5.41) is 22.2. The van der Waals surface area contributed by atoms with E-state index in [1.165, 1.54) is 5.56 Å². The third-order valence-electron chi connectivity index (χ3n) is 4.90. The molecule has 2 atom stereocenters. The summed E-state index contributed by atoms with van der Waals surface area (Å²) in [7, 11) is 1.91. The molecule has 0 aliphatic carbocycles. The molecular weight excluding hydrogens is 388 g/mol. The first-order chi connectivity index (χ1) is 14.0. The topological polar surface area (TPSA) is 89.9 Å². The zero-order valence-corrected chi connectivity index (χ0v) is 17.9. The number of hydrogen-bond acceptors (Lipinski definition) is 5. The maximum absolute atomic E-state index is 12.2. The minimum absolute atomic E-state index is 0.0346. The van der Waals surface area contributed by atoms with Crippen LogP contribution in [0.5, 0.6) is 0 Å². The maximum Gasteiger partial charge on any atom is 0.303 e. The number of nitrogens with one attached hydrogen (secondary N) is 1. The third-order valence-corrected chi connectivity index (χ3v) is 5.95. The van der Waals surface area contributed by atoms with Crippen LogP contribution in [-0.2, 0) is 22.6 Å². The number of carbonyl (C=O) groups is 2. The number of rotatable bonds is 13. The highest BCUT2D eigenvalue weighted by molar-refractivity contribution is 7.99. The van der Waals surface area contributed by atoms with Crippen LogP contribution in [-0.4, -0.2) is 64.2 Å². The molecule has 1 fully saturated rings. The van der Waals surface area contributed by atoms with Crippen molar-refractivity contribution in [3.63, 3.8) is 0 Å². The minimum atomic E-state index is -0.766. The van der Waals surface area contributed by atoms with Gasteiger partial charge in [-0.1, -0.05) is 36.4 Å². The van der Waals surface area contributed by atoms with E-state index < -0.39 is 12.1 Å². The first-order valence-electron chi connectivity index (χ1n) is 10.2. The molecule has 2 rings (SSSR count). The summed E-state index contributed by atoms with van der Waals surface area (Å²) in [6.45, 7) is 1.46. The molecule has 1 aliphatic heterocycles. The molecule has 0 radical (unpaired) electrons. The van der Waals surface area contributed by atoms with E-state index in [-0.39, 0.29) is 18.4 Å². The summed E-state index contributed by atoms with van der Waals surface area (Å²) in [6, 6.07) is 8.21. The summed E-state index contributed by atoms with van der Waals surface area (Å²) in [6.07, 6.45) is 5.90. The Bertz CT molecular complexity index is 695. The number of aliphatic hydroxyl groups excluding tert-OH is 1. The molecule has 160 valence electrons. The minimum Gasteiger partial charge on any atom is -0.481 e.